The molecule has 4 nitrogen and oxygen atoms in total. The minimum absolute atomic E-state index is 0.162. The number of carbonyl (C=O) groups is 1. The van der Waals surface area contributed by atoms with Crippen LogP contribution in [-0.2, 0) is 5.75 Å². The number of thioether (sulfide) groups is 1. The summed E-state index contributed by atoms with van der Waals surface area (Å²) in [6, 6.07) is 14.9. The topological polar surface area (TPSA) is 58.4 Å². The van der Waals surface area contributed by atoms with Gasteiger partial charge in [0.05, 0.1) is 11.4 Å². The van der Waals surface area contributed by atoms with Gasteiger partial charge < -0.3 is 16.0 Å². The van der Waals surface area contributed by atoms with Crippen molar-refractivity contribution in [1.82, 2.24) is 4.90 Å². The lowest BCUT2D eigenvalue weighted by molar-refractivity contribution is 0.102. The van der Waals surface area contributed by atoms with Crippen molar-refractivity contribution in [3.63, 3.8) is 0 Å². The molecule has 0 spiro atoms. The Morgan fingerprint density at radius 2 is 1.85 bits per heavy atom. The highest BCUT2D eigenvalue weighted by Crippen LogP contribution is 2.23. The minimum Gasteiger partial charge on any atom is -0.397 e. The van der Waals surface area contributed by atoms with Gasteiger partial charge in [0.1, 0.15) is 4.32 Å². The van der Waals surface area contributed by atoms with Gasteiger partial charge in [-0.25, -0.2) is 0 Å². The predicted octanol–water partition coefficient (Wildman–Crippen LogP) is 4.77. The Kier molecular flexibility index (Phi) is 6.74. The number of nitrogens with two attached hydrogens (primary N) is 1. The Bertz CT molecular complexity index is 799. The second-order valence-corrected chi connectivity index (χ2v) is 8.57. The van der Waals surface area contributed by atoms with Crippen molar-refractivity contribution in [1.29, 1.82) is 0 Å². The molecule has 1 heterocycles. The van der Waals surface area contributed by atoms with E-state index in [1.807, 2.05) is 36.4 Å². The summed E-state index contributed by atoms with van der Waals surface area (Å²) >= 11 is 7.27. The van der Waals surface area contributed by atoms with Crippen molar-refractivity contribution >= 4 is 45.6 Å². The van der Waals surface area contributed by atoms with Gasteiger partial charge in [0.25, 0.3) is 5.91 Å². The summed E-state index contributed by atoms with van der Waals surface area (Å²) in [7, 11) is 0. The van der Waals surface area contributed by atoms with Gasteiger partial charge in [0.15, 0.2) is 0 Å². The van der Waals surface area contributed by atoms with Crippen molar-refractivity contribution in [2.75, 3.05) is 24.1 Å². The molecule has 0 radical (unpaired) electrons. The van der Waals surface area contributed by atoms with Crippen LogP contribution in [-0.4, -0.2) is 28.2 Å². The summed E-state index contributed by atoms with van der Waals surface area (Å²) in [6.45, 7) is 4.43. The van der Waals surface area contributed by atoms with E-state index >= 15 is 0 Å². The maximum Gasteiger partial charge on any atom is 0.255 e. The van der Waals surface area contributed by atoms with Gasteiger partial charge in [-0.15, -0.1) is 0 Å². The lowest BCUT2D eigenvalue weighted by Crippen LogP contribution is -2.35. The Hall–Kier alpha value is -2.05. The zero-order valence-corrected chi connectivity index (χ0v) is 17.1. The Morgan fingerprint density at radius 1 is 1.19 bits per heavy atom. The number of rotatable bonds is 4. The van der Waals surface area contributed by atoms with Gasteiger partial charge in [-0.2, -0.15) is 0 Å². The molecule has 1 aliphatic rings. The quantitative estimate of drug-likeness (QED) is 0.573. The first-order chi connectivity index (χ1) is 13.0. The molecule has 0 aliphatic carbocycles. The lowest BCUT2D eigenvalue weighted by atomic mass is 10.00. The van der Waals surface area contributed by atoms with Crippen LogP contribution in [0.2, 0.25) is 0 Å². The fraction of sp³-hybridized carbons (Fsp3) is 0.333. The predicted molar refractivity (Wildman–Crippen MR) is 119 cm³/mol. The highest BCUT2D eigenvalue weighted by atomic mass is 32.2. The number of para-hydroxylation sites is 2. The standard InChI is InChI=1S/C21H25N3OS2/c1-15-10-12-24(13-11-15)21(26)27-14-16-6-8-17(9-7-16)20(25)23-19-5-3-2-4-18(19)22/h2-9,15H,10-14,22H2,1H3,(H,23,25). The second kappa shape index (κ2) is 9.24. The van der Waals surface area contributed by atoms with Crippen LogP contribution in [0.15, 0.2) is 48.5 Å². The van der Waals surface area contributed by atoms with Crippen LogP contribution >= 0.6 is 24.0 Å². The Balaban J connectivity index is 1.52. The monoisotopic (exact) mass is 399 g/mol. The molecule has 1 amide bonds. The van der Waals surface area contributed by atoms with Gasteiger partial charge in [0, 0.05) is 24.4 Å². The van der Waals surface area contributed by atoms with E-state index in [4.69, 9.17) is 18.0 Å². The molecule has 3 rings (SSSR count). The molecule has 142 valence electrons. The summed E-state index contributed by atoms with van der Waals surface area (Å²) in [4.78, 5) is 14.7. The Labute approximate surface area is 170 Å². The summed E-state index contributed by atoms with van der Waals surface area (Å²) in [5.74, 6) is 1.46. The van der Waals surface area contributed by atoms with Crippen LogP contribution < -0.4 is 11.1 Å². The highest BCUT2D eigenvalue weighted by molar-refractivity contribution is 8.22. The van der Waals surface area contributed by atoms with Crippen LogP contribution in [0, 0.1) is 5.92 Å². The first-order valence-electron chi connectivity index (χ1n) is 9.19. The maximum absolute atomic E-state index is 12.4. The van der Waals surface area contributed by atoms with E-state index in [0.29, 0.717) is 16.9 Å². The molecule has 0 saturated carbocycles. The number of hydrogen-bond donors (Lipinski definition) is 2. The summed E-state index contributed by atoms with van der Waals surface area (Å²) < 4.78 is 0.975. The van der Waals surface area contributed by atoms with Gasteiger partial charge in [-0.05, 0) is 48.6 Å². The third-order valence-electron chi connectivity index (χ3n) is 4.83. The molecule has 1 aliphatic heterocycles. The minimum atomic E-state index is -0.162. The van der Waals surface area contributed by atoms with Crippen molar-refractivity contribution in [3.8, 4) is 0 Å². The third-order valence-corrected chi connectivity index (χ3v) is 6.42. The number of likely N-dealkylation sites (tertiary alicyclic amines) is 1. The third kappa shape index (κ3) is 5.47. The molecule has 2 aromatic rings. The van der Waals surface area contributed by atoms with Crippen LogP contribution in [0.1, 0.15) is 35.7 Å². The van der Waals surface area contributed by atoms with Gasteiger partial charge in [-0.3, -0.25) is 4.79 Å². The fourth-order valence-corrected chi connectivity index (χ4v) is 4.19. The number of amides is 1. The van der Waals surface area contributed by atoms with Gasteiger partial charge in [-0.1, -0.05) is 55.2 Å². The van der Waals surface area contributed by atoms with E-state index in [1.54, 1.807) is 23.9 Å². The number of hydrogen-bond acceptors (Lipinski definition) is 4. The number of benzene rings is 2. The average molecular weight is 400 g/mol. The molecule has 27 heavy (non-hydrogen) atoms. The van der Waals surface area contributed by atoms with E-state index in [1.165, 1.54) is 12.8 Å². The molecule has 1 saturated heterocycles. The van der Waals surface area contributed by atoms with Crippen molar-refractivity contribution in [2.24, 2.45) is 5.92 Å². The van der Waals surface area contributed by atoms with Crippen LogP contribution in [0.3, 0.4) is 0 Å². The molecule has 0 atom stereocenters. The summed E-state index contributed by atoms with van der Waals surface area (Å²) in [5, 5.41) is 2.85. The van der Waals surface area contributed by atoms with Crippen LogP contribution in [0.25, 0.3) is 0 Å². The zero-order valence-electron chi connectivity index (χ0n) is 15.5. The summed E-state index contributed by atoms with van der Waals surface area (Å²) in [5.41, 5.74) is 8.82. The molecule has 2 aromatic carbocycles. The normalized spacial score (nSPS) is 14.8. The van der Waals surface area contributed by atoms with E-state index in [0.717, 1.165) is 34.6 Å². The first kappa shape index (κ1) is 19.7. The molecule has 3 N–H and O–H groups in total. The van der Waals surface area contributed by atoms with Crippen LogP contribution in [0.4, 0.5) is 11.4 Å². The molecule has 0 unspecified atom stereocenters. The number of thiocarbonyl (C=S) groups is 1. The molecule has 1 fully saturated rings. The maximum atomic E-state index is 12.4. The zero-order chi connectivity index (χ0) is 19.2. The molecular weight excluding hydrogens is 374 g/mol. The van der Waals surface area contributed by atoms with Gasteiger partial charge >= 0.3 is 0 Å². The largest absolute Gasteiger partial charge is 0.397 e. The number of anilines is 2. The van der Waals surface area contributed by atoms with Gasteiger partial charge in [0.2, 0.25) is 0 Å². The van der Waals surface area contributed by atoms with Crippen molar-refractivity contribution in [2.45, 2.75) is 25.5 Å². The molecular formula is C21H25N3OS2. The fourth-order valence-electron chi connectivity index (χ4n) is 2.99. The van der Waals surface area contributed by atoms with E-state index in [9.17, 15) is 4.79 Å². The number of carbonyl (C=O) groups excluding carboxylic acids is 1. The molecule has 0 aromatic heterocycles. The number of nitrogens with zero attached hydrogens (tertiary/aromatic N) is 1. The van der Waals surface area contributed by atoms with E-state index < -0.39 is 0 Å². The first-order valence-corrected chi connectivity index (χ1v) is 10.6. The number of piperidine rings is 1. The number of nitrogens with one attached hydrogen (secondary N) is 1. The molecule has 6 heteroatoms. The van der Waals surface area contributed by atoms with Crippen LogP contribution in [0.5, 0.6) is 0 Å². The average Bonchev–Trinajstić information content (AvgIpc) is 2.69. The highest BCUT2D eigenvalue weighted by Gasteiger charge is 2.18. The van der Waals surface area contributed by atoms with E-state index in [-0.39, 0.29) is 5.91 Å². The second-order valence-electron chi connectivity index (χ2n) is 6.96. The van der Waals surface area contributed by atoms with Crippen molar-refractivity contribution < 1.29 is 4.79 Å². The summed E-state index contributed by atoms with van der Waals surface area (Å²) in [6.07, 6.45) is 2.44. The Morgan fingerprint density at radius 3 is 2.52 bits per heavy atom. The SMILES string of the molecule is CC1CCN(C(=S)SCc2ccc(C(=O)Nc3ccccc3N)cc2)CC1. The van der Waals surface area contributed by atoms with E-state index in [2.05, 4.69) is 17.1 Å². The van der Waals surface area contributed by atoms with Crippen molar-refractivity contribution in [3.05, 3.63) is 59.7 Å². The smallest absolute Gasteiger partial charge is 0.255 e. The number of nitrogen functional groups attached to an aromatic ring is 1. The molecule has 0 bridgehead atoms. The lowest BCUT2D eigenvalue weighted by Gasteiger charge is -2.31.